The summed E-state index contributed by atoms with van der Waals surface area (Å²) < 4.78 is 0. The van der Waals surface area contributed by atoms with Crippen molar-refractivity contribution in [2.45, 2.75) is 402 Å². The minimum atomic E-state index is -1.64. The number of nitrogens with two attached hydrogens (primary N) is 5. The normalized spacial score (nSPS) is 15.2. The van der Waals surface area contributed by atoms with E-state index in [-0.39, 0.29) is 107 Å². The van der Waals surface area contributed by atoms with E-state index in [2.05, 4.69) is 88.3 Å². The number of nitrogens with zero attached hydrogens (tertiary/aromatic N) is 1. The standard InChI is InChI=1S/C90H168N20O17/c1-19-23-25-27-29-37-47-110(48-38-30-28-26-24-20-2)74(113)43-42-73(112)108-75(58(13)21-3)89(126)107-71(53-72(94)111)88(125)106-70(52-57(11)12)87(124)102-64(39-31-34-44-91)82(119)97-63(18)81(118)105-68(50-55(7)8)85(122)98-60(15)78(115)96-61(16)80(117)104-69(51-56(9)10)86(123)99-62(17)79(116)100-65(40-32-35-45-92)83(120)101-66(41-33-36-46-93)84(121)109-76(59(14)22-4)90(127)103-67(77(95)114)49-54(5)6/h54-71,75-76H,19-53,91-93H2,1-18H3,(H2,94,111)(H2,95,114)(H,96,115)(H,97,119)(H,98,122)(H,99,123)(H,100,116)(H,101,120)(H,102,124)(H,103,127)(H,104,117)(H,105,118)(H,106,125)(H,107,126)(H,108,112)(H,109,121)/t58-,59-,60-,61-,62-,63-,64-,65-,66-,67-,68-,69-,70-,71-,75-,76-/m0/s1. The van der Waals surface area contributed by atoms with Crippen LogP contribution in [0.5, 0.6) is 0 Å². The molecule has 0 aliphatic carbocycles. The summed E-state index contributed by atoms with van der Waals surface area (Å²) in [5.74, 6) is -14.5. The zero-order valence-electron chi connectivity index (χ0n) is 80.1. The Labute approximate surface area is 756 Å². The number of primary amides is 2. The Morgan fingerprint density at radius 1 is 0.268 bits per heavy atom. The number of amides is 17. The second-order valence-corrected chi connectivity index (χ2v) is 36.1. The van der Waals surface area contributed by atoms with Gasteiger partial charge in [0.1, 0.15) is 84.6 Å². The van der Waals surface area contributed by atoms with E-state index in [1.165, 1.54) is 27.7 Å². The van der Waals surface area contributed by atoms with E-state index in [1.54, 1.807) is 62.3 Å². The first-order chi connectivity index (χ1) is 59.9. The zero-order chi connectivity index (χ0) is 96.6. The van der Waals surface area contributed by atoms with Gasteiger partial charge in [-0.25, -0.2) is 0 Å². The Hall–Kier alpha value is -9.13. The summed E-state index contributed by atoms with van der Waals surface area (Å²) in [5.41, 5.74) is 28.7. The van der Waals surface area contributed by atoms with Gasteiger partial charge >= 0.3 is 0 Å². The molecule has 37 nitrogen and oxygen atoms in total. The largest absolute Gasteiger partial charge is 0.370 e. The lowest BCUT2D eigenvalue weighted by Crippen LogP contribution is -2.60. The van der Waals surface area contributed by atoms with Crippen LogP contribution in [0.15, 0.2) is 0 Å². The van der Waals surface area contributed by atoms with Crippen molar-refractivity contribution in [2.75, 3.05) is 32.7 Å². The number of carbonyl (C=O) groups excluding carboxylic acids is 17. The summed E-state index contributed by atoms with van der Waals surface area (Å²) in [6.07, 6.45) is 15.5. The molecule has 0 heterocycles. The summed E-state index contributed by atoms with van der Waals surface area (Å²) >= 11 is 0. The summed E-state index contributed by atoms with van der Waals surface area (Å²) in [7, 11) is 0. The molecule has 0 radical (unpaired) electrons. The molecule has 0 aromatic rings. The second-order valence-electron chi connectivity index (χ2n) is 36.1. The molecule has 0 aliphatic heterocycles. The second kappa shape index (κ2) is 66.3. The van der Waals surface area contributed by atoms with Gasteiger partial charge in [-0.15, -0.1) is 0 Å². The molecule has 0 fully saturated rings. The fourth-order valence-electron chi connectivity index (χ4n) is 14.1. The molecule has 0 saturated heterocycles. The smallest absolute Gasteiger partial charge is 0.243 e. The van der Waals surface area contributed by atoms with Crippen molar-refractivity contribution in [1.29, 1.82) is 0 Å². The highest BCUT2D eigenvalue weighted by Gasteiger charge is 2.39. The van der Waals surface area contributed by atoms with Gasteiger partial charge in [0, 0.05) is 25.9 Å². The van der Waals surface area contributed by atoms with E-state index in [0.29, 0.717) is 64.5 Å². The SMILES string of the molecule is CCCCCCCCN(CCCCCCCC)C(=O)CCC(=O)N[C@H](C(=O)N[C@@H](CC(N)=O)C(=O)N[C@@H](CC(C)C)C(=O)N[C@@H](CCCCN)C(=O)N[C@@H](C)C(=O)N[C@@H](CC(C)C)C(=O)N[C@@H](C)C(=O)N[C@@H](C)C(=O)N[C@@H](CC(C)C)C(=O)N[C@@H](C)C(=O)N[C@@H](CCCCN)C(=O)N[C@@H](CCCCN)C(=O)N[C@H](C(=O)N[C@@H](CC(C)C)C(N)=O)[C@@H](C)CC)[C@@H](C)CC. The van der Waals surface area contributed by atoms with Crippen LogP contribution in [0.2, 0.25) is 0 Å². The average Bonchev–Trinajstić information content (AvgIpc) is 0.845. The Balaban J connectivity index is 6.51. The maximum absolute atomic E-state index is 14.4. The maximum Gasteiger partial charge on any atom is 0.243 e. The highest BCUT2D eigenvalue weighted by Crippen LogP contribution is 2.19. The molecule has 0 aliphatic rings. The van der Waals surface area contributed by atoms with Crippen molar-refractivity contribution < 1.29 is 81.5 Å². The van der Waals surface area contributed by atoms with Gasteiger partial charge in [-0.2, -0.15) is 0 Å². The third-order valence-electron chi connectivity index (χ3n) is 22.3. The van der Waals surface area contributed by atoms with Crippen molar-refractivity contribution >= 4 is 100 Å². The fourth-order valence-corrected chi connectivity index (χ4v) is 14.1. The summed E-state index contributed by atoms with van der Waals surface area (Å²) in [6, 6.07) is -18.0. The lowest BCUT2D eigenvalue weighted by molar-refractivity contribution is -0.137. The quantitative estimate of drug-likeness (QED) is 0.0389. The van der Waals surface area contributed by atoms with Gasteiger partial charge in [-0.3, -0.25) is 81.5 Å². The first kappa shape index (κ1) is 118. The Morgan fingerprint density at radius 3 is 0.882 bits per heavy atom. The van der Waals surface area contributed by atoms with Gasteiger partial charge < -0.3 is 108 Å². The topological polar surface area (TPSA) is 592 Å². The molecule has 0 rings (SSSR count). The van der Waals surface area contributed by atoms with E-state index in [4.69, 9.17) is 28.7 Å². The van der Waals surface area contributed by atoms with E-state index >= 15 is 0 Å². The first-order valence-electron chi connectivity index (χ1n) is 47.1. The molecule has 0 spiro atoms. The highest BCUT2D eigenvalue weighted by molar-refractivity contribution is 6.01. The molecule has 24 N–H and O–H groups in total. The molecule has 0 saturated carbocycles. The molecule has 127 heavy (non-hydrogen) atoms. The van der Waals surface area contributed by atoms with Crippen molar-refractivity contribution in [3.63, 3.8) is 0 Å². The monoisotopic (exact) mass is 1800 g/mol. The number of hydrogen-bond acceptors (Lipinski definition) is 20. The van der Waals surface area contributed by atoms with Crippen molar-refractivity contribution in [3.8, 4) is 0 Å². The van der Waals surface area contributed by atoms with Gasteiger partial charge in [0.15, 0.2) is 0 Å². The van der Waals surface area contributed by atoms with Crippen LogP contribution in [0, 0.1) is 35.5 Å². The van der Waals surface area contributed by atoms with E-state index in [1.807, 2.05) is 25.7 Å². The number of hydrogen-bond donors (Lipinski definition) is 19. The third kappa shape index (κ3) is 50.4. The fraction of sp³-hybridized carbons (Fsp3) is 0.811. The number of unbranched alkanes of at least 4 members (excludes halogenated alkanes) is 13. The van der Waals surface area contributed by atoms with Crippen molar-refractivity contribution in [1.82, 2.24) is 79.3 Å². The zero-order valence-corrected chi connectivity index (χ0v) is 80.1. The number of rotatable bonds is 71. The summed E-state index contributed by atoms with van der Waals surface area (Å²) in [5, 5.41) is 37.2. The predicted octanol–water partition coefficient (Wildman–Crippen LogP) is 3.21. The minimum absolute atomic E-state index is 0.000780. The van der Waals surface area contributed by atoms with Crippen LogP contribution >= 0.6 is 0 Å². The van der Waals surface area contributed by atoms with Crippen LogP contribution in [0.1, 0.15) is 317 Å². The van der Waals surface area contributed by atoms with Gasteiger partial charge in [-0.05, 0) is 179 Å². The molecule has 16 atom stereocenters. The van der Waals surface area contributed by atoms with Crippen LogP contribution in [0.4, 0.5) is 0 Å². The molecule has 37 heteroatoms. The Bertz CT molecular complexity index is 3370. The molecule has 730 valence electrons. The van der Waals surface area contributed by atoms with Crippen LogP contribution in [-0.2, 0) is 81.5 Å². The number of carbonyl (C=O) groups is 17. The average molecular weight is 1800 g/mol. The van der Waals surface area contributed by atoms with E-state index in [0.717, 1.165) is 77.0 Å². The van der Waals surface area contributed by atoms with Crippen LogP contribution in [0.3, 0.4) is 0 Å². The third-order valence-corrected chi connectivity index (χ3v) is 22.3. The molecule has 0 aromatic heterocycles. The van der Waals surface area contributed by atoms with Gasteiger partial charge in [0.2, 0.25) is 100 Å². The molecular formula is C90H168N20O17. The van der Waals surface area contributed by atoms with Gasteiger partial charge in [0.05, 0.1) is 6.42 Å². The molecule has 0 bridgehead atoms. The highest BCUT2D eigenvalue weighted by atomic mass is 16.2. The maximum atomic E-state index is 14.4. The van der Waals surface area contributed by atoms with Crippen LogP contribution in [0.25, 0.3) is 0 Å². The minimum Gasteiger partial charge on any atom is -0.370 e. The molecular weight excluding hydrogens is 1630 g/mol. The first-order valence-corrected chi connectivity index (χ1v) is 47.1. The van der Waals surface area contributed by atoms with Crippen LogP contribution in [-0.4, -0.2) is 223 Å². The molecule has 17 amide bonds. The van der Waals surface area contributed by atoms with Gasteiger partial charge in [0.25, 0.3) is 0 Å². The van der Waals surface area contributed by atoms with E-state index < -0.39 is 197 Å². The lowest BCUT2D eigenvalue weighted by atomic mass is 9.96. The summed E-state index contributed by atoms with van der Waals surface area (Å²) in [6.45, 7) is 33.2. The van der Waals surface area contributed by atoms with Gasteiger partial charge in [-0.1, -0.05) is 174 Å². The van der Waals surface area contributed by atoms with E-state index in [9.17, 15) is 81.5 Å². The van der Waals surface area contributed by atoms with Crippen LogP contribution < -0.4 is 103 Å². The molecule has 0 unspecified atom stereocenters. The Kier molecular flexibility index (Phi) is 61.5. The molecule has 0 aromatic carbocycles. The Morgan fingerprint density at radius 2 is 0.535 bits per heavy atom. The number of nitrogens with one attached hydrogen (secondary N) is 14. The van der Waals surface area contributed by atoms with Crippen molar-refractivity contribution in [2.24, 2.45) is 64.2 Å². The summed E-state index contributed by atoms with van der Waals surface area (Å²) in [4.78, 5) is 237. The lowest BCUT2D eigenvalue weighted by Gasteiger charge is -2.29. The predicted molar refractivity (Wildman–Crippen MR) is 491 cm³/mol. The van der Waals surface area contributed by atoms with Crippen molar-refractivity contribution in [3.05, 3.63) is 0 Å².